The molecule has 29 heavy (non-hydrogen) atoms. The number of nitrogens with zero attached hydrogens (tertiary/aromatic N) is 4. The van der Waals surface area contributed by atoms with Crippen molar-refractivity contribution in [2.75, 3.05) is 41.3 Å². The summed E-state index contributed by atoms with van der Waals surface area (Å²) < 4.78 is 0. The number of nitrogens with one attached hydrogen (secondary N) is 1. The first-order valence-corrected chi connectivity index (χ1v) is 9.60. The van der Waals surface area contributed by atoms with Gasteiger partial charge >= 0.3 is 5.97 Å². The van der Waals surface area contributed by atoms with E-state index in [1.54, 1.807) is 24.3 Å². The number of rotatable bonds is 5. The van der Waals surface area contributed by atoms with Crippen molar-refractivity contribution in [1.29, 1.82) is 0 Å². The van der Waals surface area contributed by atoms with E-state index >= 15 is 0 Å². The van der Waals surface area contributed by atoms with E-state index in [2.05, 4.69) is 49.4 Å². The molecule has 2 N–H and O–H groups in total. The van der Waals surface area contributed by atoms with Crippen molar-refractivity contribution in [2.45, 2.75) is 6.92 Å². The fourth-order valence-electron chi connectivity index (χ4n) is 3.53. The van der Waals surface area contributed by atoms with Crippen molar-refractivity contribution >= 4 is 29.0 Å². The number of carbonyl (C=O) groups is 1. The first-order valence-electron chi connectivity index (χ1n) is 9.60. The minimum Gasteiger partial charge on any atom is -0.478 e. The molecular weight excluding hydrogens is 366 g/mol. The van der Waals surface area contributed by atoms with Gasteiger partial charge in [0.15, 0.2) is 0 Å². The van der Waals surface area contributed by atoms with Gasteiger partial charge in [0, 0.05) is 37.9 Å². The van der Waals surface area contributed by atoms with Crippen LogP contribution in [0.3, 0.4) is 0 Å². The molecule has 1 aliphatic heterocycles. The molecule has 0 aliphatic carbocycles. The van der Waals surface area contributed by atoms with Gasteiger partial charge in [0.25, 0.3) is 0 Å². The predicted molar refractivity (Wildman–Crippen MR) is 114 cm³/mol. The van der Waals surface area contributed by atoms with Crippen LogP contribution in [-0.2, 0) is 0 Å². The Bertz CT molecular complexity index is 1000. The zero-order valence-corrected chi connectivity index (χ0v) is 16.2. The van der Waals surface area contributed by atoms with E-state index < -0.39 is 5.97 Å². The zero-order valence-electron chi connectivity index (χ0n) is 16.2. The lowest BCUT2D eigenvalue weighted by molar-refractivity contribution is 0.0698. The van der Waals surface area contributed by atoms with Crippen molar-refractivity contribution in [3.05, 3.63) is 72.1 Å². The normalized spacial score (nSPS) is 14.0. The van der Waals surface area contributed by atoms with E-state index in [0.29, 0.717) is 17.3 Å². The van der Waals surface area contributed by atoms with Crippen LogP contribution in [0.2, 0.25) is 0 Å². The highest BCUT2D eigenvalue weighted by Gasteiger charge is 2.19. The quantitative estimate of drug-likeness (QED) is 0.690. The average molecular weight is 389 g/mol. The van der Waals surface area contributed by atoms with Gasteiger partial charge in [-0.1, -0.05) is 30.3 Å². The van der Waals surface area contributed by atoms with Crippen LogP contribution in [0.4, 0.5) is 23.0 Å². The SMILES string of the molecule is Cc1nc(Nc2ccccc2C(=O)O)cc(N2CCN(c3ccccc3)CC2)n1. The van der Waals surface area contributed by atoms with E-state index in [4.69, 9.17) is 0 Å². The largest absolute Gasteiger partial charge is 0.478 e. The van der Waals surface area contributed by atoms with Gasteiger partial charge in [-0.2, -0.15) is 0 Å². The van der Waals surface area contributed by atoms with E-state index in [1.165, 1.54) is 5.69 Å². The summed E-state index contributed by atoms with van der Waals surface area (Å²) in [4.78, 5) is 25.1. The zero-order chi connectivity index (χ0) is 20.2. The van der Waals surface area contributed by atoms with Crippen LogP contribution in [0.5, 0.6) is 0 Å². The van der Waals surface area contributed by atoms with E-state index in [-0.39, 0.29) is 5.56 Å². The molecule has 0 bridgehead atoms. The number of carboxylic acid groups (broad SMARTS) is 1. The Morgan fingerprint density at radius 3 is 2.31 bits per heavy atom. The Hall–Kier alpha value is -3.61. The summed E-state index contributed by atoms with van der Waals surface area (Å²) in [6, 6.07) is 19.1. The fraction of sp³-hybridized carbons (Fsp3) is 0.227. The molecule has 0 radical (unpaired) electrons. The summed E-state index contributed by atoms with van der Waals surface area (Å²) in [6.07, 6.45) is 0. The monoisotopic (exact) mass is 389 g/mol. The highest BCUT2D eigenvalue weighted by Crippen LogP contribution is 2.24. The molecule has 1 saturated heterocycles. The van der Waals surface area contributed by atoms with Crippen molar-refractivity contribution in [3.8, 4) is 0 Å². The third-order valence-corrected chi connectivity index (χ3v) is 4.97. The highest BCUT2D eigenvalue weighted by molar-refractivity contribution is 5.95. The molecule has 0 amide bonds. The van der Waals surface area contributed by atoms with Crippen molar-refractivity contribution < 1.29 is 9.90 Å². The molecule has 148 valence electrons. The number of anilines is 4. The minimum atomic E-state index is -0.976. The Morgan fingerprint density at radius 1 is 0.931 bits per heavy atom. The van der Waals surface area contributed by atoms with Gasteiger partial charge in [0.05, 0.1) is 11.3 Å². The minimum absolute atomic E-state index is 0.210. The van der Waals surface area contributed by atoms with Crippen LogP contribution >= 0.6 is 0 Å². The van der Waals surface area contributed by atoms with Crippen molar-refractivity contribution in [2.24, 2.45) is 0 Å². The number of hydrogen-bond donors (Lipinski definition) is 2. The number of carboxylic acids is 1. The standard InChI is InChI=1S/C22H23N5O2/c1-16-23-20(25-19-10-6-5-9-18(19)22(28)29)15-21(24-16)27-13-11-26(12-14-27)17-7-3-2-4-8-17/h2-10,15H,11-14H2,1H3,(H,28,29)(H,23,24,25). The highest BCUT2D eigenvalue weighted by atomic mass is 16.4. The van der Waals surface area contributed by atoms with Crippen LogP contribution in [-0.4, -0.2) is 47.2 Å². The number of benzene rings is 2. The van der Waals surface area contributed by atoms with Gasteiger partial charge in [-0.15, -0.1) is 0 Å². The Kier molecular flexibility index (Phi) is 5.29. The molecule has 7 heteroatoms. The summed E-state index contributed by atoms with van der Waals surface area (Å²) >= 11 is 0. The maximum atomic E-state index is 11.5. The Labute approximate surface area is 169 Å². The van der Waals surface area contributed by atoms with Gasteiger partial charge in [0.1, 0.15) is 17.5 Å². The second-order valence-electron chi connectivity index (χ2n) is 6.94. The first kappa shape index (κ1) is 18.7. The number of aromatic nitrogens is 2. The first-order chi connectivity index (χ1) is 14.1. The van der Waals surface area contributed by atoms with E-state index in [0.717, 1.165) is 32.0 Å². The molecular formula is C22H23N5O2. The molecule has 0 saturated carbocycles. The molecule has 2 heterocycles. The molecule has 0 unspecified atom stereocenters. The summed E-state index contributed by atoms with van der Waals surface area (Å²) in [5, 5.41) is 12.5. The number of aryl methyl sites for hydroxylation is 1. The average Bonchev–Trinajstić information content (AvgIpc) is 2.74. The summed E-state index contributed by atoms with van der Waals surface area (Å²) in [7, 11) is 0. The lowest BCUT2D eigenvalue weighted by atomic mass is 10.2. The van der Waals surface area contributed by atoms with Crippen LogP contribution < -0.4 is 15.1 Å². The smallest absolute Gasteiger partial charge is 0.337 e. The van der Waals surface area contributed by atoms with Crippen molar-refractivity contribution in [3.63, 3.8) is 0 Å². The number of aromatic carboxylic acids is 1. The summed E-state index contributed by atoms with van der Waals surface area (Å²) in [5.41, 5.74) is 1.96. The predicted octanol–water partition coefficient (Wildman–Crippen LogP) is 3.55. The van der Waals surface area contributed by atoms with Gasteiger partial charge < -0.3 is 20.2 Å². The third-order valence-electron chi connectivity index (χ3n) is 4.97. The summed E-state index contributed by atoms with van der Waals surface area (Å²) in [5.74, 6) is 1.10. The van der Waals surface area contributed by atoms with Gasteiger partial charge in [-0.3, -0.25) is 0 Å². The molecule has 7 nitrogen and oxygen atoms in total. The van der Waals surface area contributed by atoms with Gasteiger partial charge in [-0.25, -0.2) is 14.8 Å². The lowest BCUT2D eigenvalue weighted by Crippen LogP contribution is -2.46. The molecule has 0 spiro atoms. The van der Waals surface area contributed by atoms with Gasteiger partial charge in [0.2, 0.25) is 0 Å². The number of hydrogen-bond acceptors (Lipinski definition) is 6. The maximum absolute atomic E-state index is 11.5. The molecule has 1 aromatic heterocycles. The van der Waals surface area contributed by atoms with Crippen LogP contribution in [0.15, 0.2) is 60.7 Å². The van der Waals surface area contributed by atoms with Crippen LogP contribution in [0.1, 0.15) is 16.2 Å². The molecule has 3 aromatic rings. The molecule has 4 rings (SSSR count). The lowest BCUT2D eigenvalue weighted by Gasteiger charge is -2.36. The molecule has 0 atom stereocenters. The number of piperazine rings is 1. The Morgan fingerprint density at radius 2 is 1.59 bits per heavy atom. The molecule has 1 aliphatic rings. The summed E-state index contributed by atoms with van der Waals surface area (Å²) in [6.45, 7) is 5.39. The molecule has 1 fully saturated rings. The second-order valence-corrected chi connectivity index (χ2v) is 6.94. The third kappa shape index (κ3) is 4.29. The Balaban J connectivity index is 1.50. The fourth-order valence-corrected chi connectivity index (χ4v) is 3.53. The second kappa shape index (κ2) is 8.18. The van der Waals surface area contributed by atoms with Crippen LogP contribution in [0, 0.1) is 6.92 Å². The van der Waals surface area contributed by atoms with Crippen LogP contribution in [0.25, 0.3) is 0 Å². The number of para-hydroxylation sites is 2. The van der Waals surface area contributed by atoms with E-state index in [9.17, 15) is 9.90 Å². The van der Waals surface area contributed by atoms with Crippen molar-refractivity contribution in [1.82, 2.24) is 9.97 Å². The maximum Gasteiger partial charge on any atom is 0.337 e. The molecule has 2 aromatic carbocycles. The van der Waals surface area contributed by atoms with E-state index in [1.807, 2.05) is 19.1 Å². The topological polar surface area (TPSA) is 81.6 Å². The van der Waals surface area contributed by atoms with Gasteiger partial charge in [-0.05, 0) is 31.2 Å².